The molecule has 0 bridgehead atoms. The van der Waals surface area contributed by atoms with Gasteiger partial charge in [0.15, 0.2) is 5.16 Å². The van der Waals surface area contributed by atoms with Crippen LogP contribution in [0.3, 0.4) is 0 Å². The van der Waals surface area contributed by atoms with E-state index in [4.69, 9.17) is 16.9 Å². The number of aromatic nitrogens is 3. The highest BCUT2D eigenvalue weighted by Crippen LogP contribution is 2.25. The minimum absolute atomic E-state index is 0.0844. The van der Waals surface area contributed by atoms with Crippen molar-refractivity contribution < 1.29 is 9.18 Å². The highest BCUT2D eigenvalue weighted by atomic mass is 35.5. The van der Waals surface area contributed by atoms with E-state index < -0.39 is 0 Å². The van der Waals surface area contributed by atoms with Gasteiger partial charge in [-0.15, -0.1) is 10.2 Å². The van der Waals surface area contributed by atoms with Crippen molar-refractivity contribution in [1.29, 1.82) is 5.26 Å². The van der Waals surface area contributed by atoms with Gasteiger partial charge in [-0.25, -0.2) is 4.39 Å². The van der Waals surface area contributed by atoms with Crippen LogP contribution < -0.4 is 4.90 Å². The third-order valence-corrected chi connectivity index (χ3v) is 5.50. The zero-order valence-electron chi connectivity index (χ0n) is 15.5. The van der Waals surface area contributed by atoms with Gasteiger partial charge in [-0.05, 0) is 48.9 Å². The minimum atomic E-state index is -0.388. The Morgan fingerprint density at radius 1 is 1.31 bits per heavy atom. The fraction of sp³-hybridized carbons (Fsp3) is 0.200. The molecule has 148 valence electrons. The molecule has 0 spiro atoms. The molecule has 0 radical (unpaired) electrons. The lowest BCUT2D eigenvalue weighted by Crippen LogP contribution is -2.33. The second-order valence-corrected chi connectivity index (χ2v) is 7.49. The van der Waals surface area contributed by atoms with Crippen LogP contribution in [0.5, 0.6) is 0 Å². The van der Waals surface area contributed by atoms with Gasteiger partial charge in [-0.3, -0.25) is 9.36 Å². The predicted molar refractivity (Wildman–Crippen MR) is 111 cm³/mol. The van der Waals surface area contributed by atoms with Crippen molar-refractivity contribution in [1.82, 2.24) is 14.8 Å². The molecule has 29 heavy (non-hydrogen) atoms. The Morgan fingerprint density at radius 2 is 2.07 bits per heavy atom. The van der Waals surface area contributed by atoms with Crippen LogP contribution in [0, 0.1) is 24.1 Å². The number of halogens is 2. The van der Waals surface area contributed by atoms with Gasteiger partial charge in [0.1, 0.15) is 12.1 Å². The summed E-state index contributed by atoms with van der Waals surface area (Å²) >= 11 is 7.43. The maximum absolute atomic E-state index is 13.2. The van der Waals surface area contributed by atoms with E-state index in [9.17, 15) is 9.18 Å². The summed E-state index contributed by atoms with van der Waals surface area (Å²) in [6, 6.07) is 13.2. The number of thioether (sulfide) groups is 1. The Bertz CT molecular complexity index is 1050. The molecule has 0 N–H and O–H groups in total. The molecule has 0 aliphatic carbocycles. The van der Waals surface area contributed by atoms with Crippen LogP contribution in [0.4, 0.5) is 10.1 Å². The van der Waals surface area contributed by atoms with E-state index >= 15 is 0 Å². The second-order valence-electron chi connectivity index (χ2n) is 6.14. The van der Waals surface area contributed by atoms with Crippen molar-refractivity contribution in [2.75, 3.05) is 17.2 Å². The van der Waals surface area contributed by atoms with E-state index in [1.165, 1.54) is 40.9 Å². The Balaban J connectivity index is 1.75. The molecular formula is C20H17ClFN5OS. The van der Waals surface area contributed by atoms with Gasteiger partial charge in [-0.2, -0.15) is 5.26 Å². The van der Waals surface area contributed by atoms with Gasteiger partial charge in [-0.1, -0.05) is 29.4 Å². The van der Waals surface area contributed by atoms with Gasteiger partial charge >= 0.3 is 0 Å². The summed E-state index contributed by atoms with van der Waals surface area (Å²) < 4.78 is 15.0. The zero-order chi connectivity index (χ0) is 20.8. The zero-order valence-corrected chi connectivity index (χ0v) is 17.1. The lowest BCUT2D eigenvalue weighted by molar-refractivity contribution is -0.116. The van der Waals surface area contributed by atoms with E-state index in [2.05, 4.69) is 10.2 Å². The van der Waals surface area contributed by atoms with Gasteiger partial charge in [0.25, 0.3) is 0 Å². The van der Waals surface area contributed by atoms with Gasteiger partial charge in [0, 0.05) is 17.3 Å². The maximum Gasteiger partial charge on any atom is 0.237 e. The first-order valence-electron chi connectivity index (χ1n) is 8.72. The molecule has 0 saturated heterocycles. The molecule has 1 amide bonds. The van der Waals surface area contributed by atoms with Crippen molar-refractivity contribution >= 4 is 35.0 Å². The number of anilines is 1. The molecule has 0 aliphatic rings. The first-order valence-corrected chi connectivity index (χ1v) is 10.1. The molecular weight excluding hydrogens is 413 g/mol. The van der Waals surface area contributed by atoms with Crippen LogP contribution in [0.25, 0.3) is 5.69 Å². The first kappa shape index (κ1) is 20.8. The van der Waals surface area contributed by atoms with E-state index in [-0.39, 0.29) is 30.4 Å². The molecule has 0 saturated carbocycles. The van der Waals surface area contributed by atoms with E-state index in [1.54, 1.807) is 10.9 Å². The van der Waals surface area contributed by atoms with Crippen LogP contribution in [0.2, 0.25) is 5.02 Å². The normalized spacial score (nSPS) is 10.6. The molecule has 0 atom stereocenters. The number of benzene rings is 2. The van der Waals surface area contributed by atoms with Crippen molar-refractivity contribution in [3.8, 4) is 11.8 Å². The Morgan fingerprint density at radius 3 is 2.76 bits per heavy atom. The van der Waals surface area contributed by atoms with Crippen molar-refractivity contribution in [2.24, 2.45) is 0 Å². The SMILES string of the molecule is Cc1ccc(-n2cnnc2SCC(=O)N(CCC#N)c2ccc(F)cc2)cc1Cl. The number of aryl methyl sites for hydroxylation is 1. The molecule has 1 aromatic heterocycles. The summed E-state index contributed by atoms with van der Waals surface area (Å²) in [5.74, 6) is -0.518. The number of carbonyl (C=O) groups excluding carboxylic acids is 1. The standard InChI is InChI=1S/C20H17ClFN5OS/c1-14-3-6-17(11-18(14)21)27-13-24-25-20(27)29-12-19(28)26(10-2-9-23)16-7-4-15(22)5-8-16/h3-8,11,13H,2,10,12H2,1H3. The Kier molecular flexibility index (Phi) is 6.86. The second kappa shape index (κ2) is 9.54. The summed E-state index contributed by atoms with van der Waals surface area (Å²) in [5.41, 5.74) is 2.29. The molecule has 2 aromatic carbocycles. The van der Waals surface area contributed by atoms with Crippen LogP contribution in [-0.4, -0.2) is 33.0 Å². The molecule has 1 heterocycles. The third kappa shape index (κ3) is 5.13. The highest BCUT2D eigenvalue weighted by molar-refractivity contribution is 7.99. The number of hydrogen-bond donors (Lipinski definition) is 0. The summed E-state index contributed by atoms with van der Waals surface area (Å²) in [7, 11) is 0. The first-order chi connectivity index (χ1) is 14.0. The lowest BCUT2D eigenvalue weighted by Gasteiger charge is -2.21. The Hall–Kier alpha value is -2.89. The quantitative estimate of drug-likeness (QED) is 0.520. The van der Waals surface area contributed by atoms with Crippen molar-refractivity contribution in [2.45, 2.75) is 18.5 Å². The fourth-order valence-electron chi connectivity index (χ4n) is 2.62. The molecule has 0 fully saturated rings. The highest BCUT2D eigenvalue weighted by Gasteiger charge is 2.18. The van der Waals surface area contributed by atoms with Crippen LogP contribution in [0.15, 0.2) is 53.9 Å². The van der Waals surface area contributed by atoms with E-state index in [1.807, 2.05) is 31.2 Å². The smallest absolute Gasteiger partial charge is 0.237 e. The Labute approximate surface area is 176 Å². The van der Waals surface area contributed by atoms with Gasteiger partial charge in [0.05, 0.1) is 23.9 Å². The summed E-state index contributed by atoms with van der Waals surface area (Å²) in [6.07, 6.45) is 1.73. The van der Waals surface area contributed by atoms with Gasteiger partial charge < -0.3 is 4.90 Å². The number of hydrogen-bond acceptors (Lipinski definition) is 5. The number of amides is 1. The number of nitrogens with zero attached hydrogens (tertiary/aromatic N) is 5. The maximum atomic E-state index is 13.2. The van der Waals surface area contributed by atoms with E-state index in [0.717, 1.165) is 11.3 Å². The molecule has 0 aliphatic heterocycles. The topological polar surface area (TPSA) is 74.8 Å². The molecule has 3 rings (SSSR count). The third-order valence-electron chi connectivity index (χ3n) is 4.16. The van der Waals surface area contributed by atoms with Crippen LogP contribution in [0.1, 0.15) is 12.0 Å². The van der Waals surface area contributed by atoms with Crippen LogP contribution in [-0.2, 0) is 4.79 Å². The van der Waals surface area contributed by atoms with Crippen molar-refractivity contribution in [3.63, 3.8) is 0 Å². The van der Waals surface area contributed by atoms with Gasteiger partial charge in [0.2, 0.25) is 5.91 Å². The van der Waals surface area contributed by atoms with E-state index in [0.29, 0.717) is 15.9 Å². The summed E-state index contributed by atoms with van der Waals surface area (Å²) in [6.45, 7) is 2.14. The largest absolute Gasteiger partial charge is 0.311 e. The molecule has 3 aromatic rings. The summed E-state index contributed by atoms with van der Waals surface area (Å²) in [4.78, 5) is 14.3. The monoisotopic (exact) mass is 429 g/mol. The number of nitriles is 1. The van der Waals surface area contributed by atoms with Crippen LogP contribution >= 0.6 is 23.4 Å². The molecule has 9 heteroatoms. The molecule has 6 nitrogen and oxygen atoms in total. The summed E-state index contributed by atoms with van der Waals surface area (Å²) in [5, 5.41) is 18.1. The average Bonchev–Trinajstić information content (AvgIpc) is 3.18. The molecule has 0 unspecified atom stereocenters. The van der Waals surface area contributed by atoms with Crippen molar-refractivity contribution in [3.05, 3.63) is 65.2 Å². The number of rotatable bonds is 7. The average molecular weight is 430 g/mol. The lowest BCUT2D eigenvalue weighted by atomic mass is 10.2. The predicted octanol–water partition coefficient (Wildman–Crippen LogP) is 4.41. The number of carbonyl (C=O) groups is 1. The fourth-order valence-corrected chi connectivity index (χ4v) is 3.60. The minimum Gasteiger partial charge on any atom is -0.311 e.